The molecule has 0 fully saturated rings. The van der Waals surface area contributed by atoms with Gasteiger partial charge in [-0.25, -0.2) is 0 Å². The molecule has 0 saturated heterocycles. The number of aryl methyl sites for hydroxylation is 2. The Labute approximate surface area is 140 Å². The predicted octanol–water partition coefficient (Wildman–Crippen LogP) is 5.15. The Morgan fingerprint density at radius 3 is 2.04 bits per heavy atom. The van der Waals surface area contributed by atoms with Gasteiger partial charge in [0.2, 0.25) is 0 Å². The van der Waals surface area contributed by atoms with E-state index in [0.29, 0.717) is 0 Å². The molecule has 0 aliphatic rings. The lowest BCUT2D eigenvalue weighted by molar-refractivity contribution is 0.416. The molecule has 1 unspecified atom stereocenters. The molecule has 0 heterocycles. The number of rotatable bonds is 3. The van der Waals surface area contributed by atoms with E-state index >= 15 is 0 Å². The number of benzene rings is 3. The van der Waals surface area contributed by atoms with E-state index < -0.39 is 0 Å². The van der Waals surface area contributed by atoms with Crippen LogP contribution in [0.5, 0.6) is 5.75 Å². The van der Waals surface area contributed by atoms with Gasteiger partial charge in [0.25, 0.3) is 0 Å². The molecule has 0 spiro atoms. The molecule has 3 rings (SSSR count). The van der Waals surface area contributed by atoms with E-state index in [1.54, 1.807) is 7.11 Å². The molecular formula is C21H21OP. The summed E-state index contributed by atoms with van der Waals surface area (Å²) in [5, 5.41) is 1.20. The fourth-order valence-electron chi connectivity index (χ4n) is 3.05. The summed E-state index contributed by atoms with van der Waals surface area (Å²) < 4.78 is 5.53. The fourth-order valence-corrected chi connectivity index (χ4v) is 3.56. The zero-order chi connectivity index (χ0) is 16.4. The average molecular weight is 320 g/mol. The Bertz CT molecular complexity index is 832. The van der Waals surface area contributed by atoms with Gasteiger partial charge in [-0.05, 0) is 41.9 Å². The highest BCUT2D eigenvalue weighted by Gasteiger charge is 2.12. The third-order valence-corrected chi connectivity index (χ3v) is 4.66. The zero-order valence-electron chi connectivity index (χ0n) is 13.8. The first-order valence-corrected chi connectivity index (χ1v) is 8.28. The minimum absolute atomic E-state index is 0.897. The first kappa shape index (κ1) is 15.8. The standard InChI is InChI=1S/C21H21OP/c1-14-11-15(2)13-16(12-14)17-8-6-9-19(21(17)23)18-7-4-5-10-20(18)22-3/h4-13H,23H2,1-3H3. The van der Waals surface area contributed by atoms with E-state index in [9.17, 15) is 0 Å². The van der Waals surface area contributed by atoms with Crippen LogP contribution in [0, 0.1) is 13.8 Å². The second-order valence-electron chi connectivity index (χ2n) is 5.84. The second kappa shape index (κ2) is 6.56. The summed E-state index contributed by atoms with van der Waals surface area (Å²) in [7, 11) is 4.63. The van der Waals surface area contributed by atoms with Gasteiger partial charge in [-0.1, -0.05) is 65.7 Å². The molecule has 0 bridgehead atoms. The van der Waals surface area contributed by atoms with Gasteiger partial charge in [-0.2, -0.15) is 0 Å². The Kier molecular flexibility index (Phi) is 4.50. The Hall–Kier alpha value is -2.11. The van der Waals surface area contributed by atoms with Gasteiger partial charge >= 0.3 is 0 Å². The van der Waals surface area contributed by atoms with Crippen molar-refractivity contribution < 1.29 is 4.74 Å². The van der Waals surface area contributed by atoms with Crippen LogP contribution in [0.1, 0.15) is 11.1 Å². The molecule has 116 valence electrons. The van der Waals surface area contributed by atoms with Crippen molar-refractivity contribution in [1.82, 2.24) is 0 Å². The quantitative estimate of drug-likeness (QED) is 0.607. The number of para-hydroxylation sites is 1. The molecule has 1 atom stereocenters. The molecule has 0 N–H and O–H groups in total. The molecule has 3 aromatic rings. The summed E-state index contributed by atoms with van der Waals surface area (Å²) in [6.07, 6.45) is 0. The summed E-state index contributed by atoms with van der Waals surface area (Å²) in [5.41, 5.74) is 7.36. The van der Waals surface area contributed by atoms with Crippen molar-refractivity contribution in [3.8, 4) is 28.0 Å². The predicted molar refractivity (Wildman–Crippen MR) is 103 cm³/mol. The first-order valence-electron chi connectivity index (χ1n) is 7.70. The lowest BCUT2D eigenvalue weighted by atomic mass is 9.96. The van der Waals surface area contributed by atoms with E-state index in [2.05, 4.69) is 65.6 Å². The largest absolute Gasteiger partial charge is 0.496 e. The van der Waals surface area contributed by atoms with E-state index in [1.165, 1.54) is 33.1 Å². The van der Waals surface area contributed by atoms with Gasteiger partial charge in [0.05, 0.1) is 7.11 Å². The molecular weight excluding hydrogens is 299 g/mol. The highest BCUT2D eigenvalue weighted by Crippen LogP contribution is 2.32. The topological polar surface area (TPSA) is 9.23 Å². The van der Waals surface area contributed by atoms with Crippen LogP contribution in [0.4, 0.5) is 0 Å². The molecule has 0 radical (unpaired) electrons. The average Bonchev–Trinajstić information content (AvgIpc) is 2.54. The van der Waals surface area contributed by atoms with Crippen LogP contribution in [0.3, 0.4) is 0 Å². The van der Waals surface area contributed by atoms with Crippen molar-refractivity contribution in [3.05, 3.63) is 71.8 Å². The van der Waals surface area contributed by atoms with Crippen LogP contribution in [0.25, 0.3) is 22.3 Å². The lowest BCUT2D eigenvalue weighted by Crippen LogP contribution is -2.03. The van der Waals surface area contributed by atoms with E-state index in [1.807, 2.05) is 18.2 Å². The van der Waals surface area contributed by atoms with Crippen LogP contribution in [-0.2, 0) is 0 Å². The first-order chi connectivity index (χ1) is 11.1. The highest BCUT2D eigenvalue weighted by molar-refractivity contribution is 7.28. The second-order valence-corrected chi connectivity index (χ2v) is 6.42. The Morgan fingerprint density at radius 1 is 0.739 bits per heavy atom. The molecule has 3 aromatic carbocycles. The van der Waals surface area contributed by atoms with E-state index in [0.717, 1.165) is 11.3 Å². The van der Waals surface area contributed by atoms with Gasteiger partial charge in [-0.15, -0.1) is 9.24 Å². The number of hydrogen-bond acceptors (Lipinski definition) is 1. The van der Waals surface area contributed by atoms with Crippen LogP contribution >= 0.6 is 9.24 Å². The minimum atomic E-state index is 0.897. The fraction of sp³-hybridized carbons (Fsp3) is 0.143. The molecule has 0 saturated carbocycles. The summed E-state index contributed by atoms with van der Waals surface area (Å²) in [5.74, 6) is 0.897. The highest BCUT2D eigenvalue weighted by atomic mass is 31.0. The molecule has 0 aromatic heterocycles. The SMILES string of the molecule is COc1ccccc1-c1cccc(-c2cc(C)cc(C)c2)c1P. The van der Waals surface area contributed by atoms with Crippen molar-refractivity contribution in [2.45, 2.75) is 13.8 Å². The van der Waals surface area contributed by atoms with Crippen LogP contribution in [0.15, 0.2) is 60.7 Å². The number of methoxy groups -OCH3 is 1. The summed E-state index contributed by atoms with van der Waals surface area (Å²) >= 11 is 0. The maximum Gasteiger partial charge on any atom is 0.126 e. The van der Waals surface area contributed by atoms with Crippen LogP contribution in [-0.4, -0.2) is 7.11 Å². The number of hydrogen-bond donors (Lipinski definition) is 0. The Balaban J connectivity index is 2.19. The molecule has 0 aliphatic heterocycles. The van der Waals surface area contributed by atoms with Gasteiger partial charge in [-0.3, -0.25) is 0 Å². The van der Waals surface area contributed by atoms with Gasteiger partial charge in [0.15, 0.2) is 0 Å². The Morgan fingerprint density at radius 2 is 1.35 bits per heavy atom. The van der Waals surface area contributed by atoms with Crippen molar-refractivity contribution in [2.24, 2.45) is 0 Å². The van der Waals surface area contributed by atoms with E-state index in [-0.39, 0.29) is 0 Å². The van der Waals surface area contributed by atoms with Crippen molar-refractivity contribution >= 4 is 14.5 Å². The zero-order valence-corrected chi connectivity index (χ0v) is 14.9. The smallest absolute Gasteiger partial charge is 0.126 e. The van der Waals surface area contributed by atoms with Crippen molar-refractivity contribution in [2.75, 3.05) is 7.11 Å². The minimum Gasteiger partial charge on any atom is -0.496 e. The molecule has 0 aliphatic carbocycles. The van der Waals surface area contributed by atoms with Crippen LogP contribution in [0.2, 0.25) is 0 Å². The van der Waals surface area contributed by atoms with Gasteiger partial charge in [0, 0.05) is 5.56 Å². The summed E-state index contributed by atoms with van der Waals surface area (Å²) in [6.45, 7) is 4.28. The summed E-state index contributed by atoms with van der Waals surface area (Å²) in [6, 6.07) is 21.3. The maximum absolute atomic E-state index is 5.53. The third kappa shape index (κ3) is 3.16. The monoisotopic (exact) mass is 320 g/mol. The molecule has 0 amide bonds. The molecule has 2 heteroatoms. The lowest BCUT2D eigenvalue weighted by Gasteiger charge is -2.15. The van der Waals surface area contributed by atoms with Crippen LogP contribution < -0.4 is 10.0 Å². The molecule has 1 nitrogen and oxygen atoms in total. The van der Waals surface area contributed by atoms with Crippen molar-refractivity contribution in [3.63, 3.8) is 0 Å². The third-order valence-electron chi connectivity index (χ3n) is 4.04. The molecule has 23 heavy (non-hydrogen) atoms. The number of ether oxygens (including phenoxy) is 1. The van der Waals surface area contributed by atoms with E-state index in [4.69, 9.17) is 4.74 Å². The normalized spacial score (nSPS) is 10.6. The van der Waals surface area contributed by atoms with Crippen molar-refractivity contribution in [1.29, 1.82) is 0 Å². The van der Waals surface area contributed by atoms with Gasteiger partial charge in [0.1, 0.15) is 5.75 Å². The summed E-state index contributed by atoms with van der Waals surface area (Å²) in [4.78, 5) is 0. The maximum atomic E-state index is 5.53. The van der Waals surface area contributed by atoms with Gasteiger partial charge < -0.3 is 4.74 Å².